The summed E-state index contributed by atoms with van der Waals surface area (Å²) in [5.74, 6) is -1.53. The molecule has 1 atom stereocenters. The predicted octanol–water partition coefficient (Wildman–Crippen LogP) is 1.62. The maximum absolute atomic E-state index is 11.6. The summed E-state index contributed by atoms with van der Waals surface area (Å²) >= 11 is 3.07. The number of nitrogens with one attached hydrogen (secondary N) is 2. The number of halogens is 1. The smallest absolute Gasteiger partial charge is 0.325 e. The van der Waals surface area contributed by atoms with Crippen LogP contribution in [0.3, 0.4) is 0 Å². The standard InChI is InChI=1S/C14H19BrN2O5/c1-3-4-9(2)17-12(18)8-21-13(19)7-16-14(20)10-5-6-11(15)22-10/h5-6,9H,3-4,7-8H2,1-2H3,(H,16,20)(H,17,18)/t9-/m0/s1. The first-order valence-electron chi connectivity index (χ1n) is 6.91. The number of hydrogen-bond acceptors (Lipinski definition) is 5. The Balaban J connectivity index is 2.23. The fourth-order valence-corrected chi connectivity index (χ4v) is 2.00. The van der Waals surface area contributed by atoms with Gasteiger partial charge in [0.2, 0.25) is 0 Å². The second kappa shape index (κ2) is 9.24. The Kier molecular flexibility index (Phi) is 7.65. The monoisotopic (exact) mass is 374 g/mol. The van der Waals surface area contributed by atoms with Crippen LogP contribution in [0.5, 0.6) is 0 Å². The molecule has 1 aromatic heterocycles. The van der Waals surface area contributed by atoms with Gasteiger partial charge in [0, 0.05) is 6.04 Å². The Morgan fingerprint density at radius 2 is 2.09 bits per heavy atom. The first-order chi connectivity index (χ1) is 10.4. The van der Waals surface area contributed by atoms with Crippen molar-refractivity contribution in [2.45, 2.75) is 32.7 Å². The number of furan rings is 1. The van der Waals surface area contributed by atoms with Gasteiger partial charge in [0.25, 0.3) is 11.8 Å². The van der Waals surface area contributed by atoms with Crippen molar-refractivity contribution in [1.82, 2.24) is 10.6 Å². The van der Waals surface area contributed by atoms with Crippen LogP contribution in [0, 0.1) is 0 Å². The van der Waals surface area contributed by atoms with E-state index in [-0.39, 0.29) is 30.9 Å². The molecular formula is C14H19BrN2O5. The third-order valence-corrected chi connectivity index (χ3v) is 3.11. The summed E-state index contributed by atoms with van der Waals surface area (Å²) in [5, 5.41) is 5.04. The van der Waals surface area contributed by atoms with Crippen LogP contribution in [0.15, 0.2) is 21.2 Å². The van der Waals surface area contributed by atoms with Crippen LogP contribution in [-0.2, 0) is 14.3 Å². The molecule has 0 aliphatic carbocycles. The van der Waals surface area contributed by atoms with Crippen molar-refractivity contribution in [1.29, 1.82) is 0 Å². The van der Waals surface area contributed by atoms with Crippen LogP contribution in [0.4, 0.5) is 0 Å². The molecule has 0 unspecified atom stereocenters. The summed E-state index contributed by atoms with van der Waals surface area (Å²) in [7, 11) is 0. The molecule has 0 fully saturated rings. The van der Waals surface area contributed by atoms with Gasteiger partial charge in [0.05, 0.1) is 0 Å². The summed E-state index contributed by atoms with van der Waals surface area (Å²) in [6.45, 7) is 3.19. The second-order valence-electron chi connectivity index (χ2n) is 4.70. The lowest BCUT2D eigenvalue weighted by Gasteiger charge is -2.12. The third-order valence-electron chi connectivity index (χ3n) is 2.68. The van der Waals surface area contributed by atoms with E-state index in [1.54, 1.807) is 6.07 Å². The Morgan fingerprint density at radius 1 is 1.36 bits per heavy atom. The van der Waals surface area contributed by atoms with Crippen LogP contribution in [0.25, 0.3) is 0 Å². The molecule has 0 saturated carbocycles. The van der Waals surface area contributed by atoms with Crippen LogP contribution in [-0.4, -0.2) is 37.0 Å². The average Bonchev–Trinajstić information content (AvgIpc) is 2.89. The molecule has 0 spiro atoms. The Bertz CT molecular complexity index is 529. The largest absolute Gasteiger partial charge is 0.454 e. The van der Waals surface area contributed by atoms with E-state index in [1.807, 2.05) is 13.8 Å². The fraction of sp³-hybridized carbons (Fsp3) is 0.500. The van der Waals surface area contributed by atoms with Crippen molar-refractivity contribution in [2.75, 3.05) is 13.2 Å². The molecule has 0 aliphatic rings. The van der Waals surface area contributed by atoms with Crippen molar-refractivity contribution in [3.8, 4) is 0 Å². The van der Waals surface area contributed by atoms with Gasteiger partial charge in [-0.15, -0.1) is 0 Å². The topological polar surface area (TPSA) is 97.6 Å². The lowest BCUT2D eigenvalue weighted by Crippen LogP contribution is -2.37. The minimum atomic E-state index is -0.697. The van der Waals surface area contributed by atoms with E-state index in [0.29, 0.717) is 4.67 Å². The number of carbonyl (C=O) groups excluding carboxylic acids is 3. The zero-order chi connectivity index (χ0) is 16.5. The molecular weight excluding hydrogens is 356 g/mol. The molecule has 8 heteroatoms. The van der Waals surface area contributed by atoms with Crippen LogP contribution < -0.4 is 10.6 Å². The number of ether oxygens (including phenoxy) is 1. The normalized spacial score (nSPS) is 11.6. The molecule has 2 N–H and O–H groups in total. The summed E-state index contributed by atoms with van der Waals surface area (Å²) in [4.78, 5) is 34.5. The predicted molar refractivity (Wildman–Crippen MR) is 82.2 cm³/mol. The van der Waals surface area contributed by atoms with Gasteiger partial charge in [0.1, 0.15) is 6.54 Å². The quantitative estimate of drug-likeness (QED) is 0.673. The highest BCUT2D eigenvalue weighted by molar-refractivity contribution is 9.10. The third kappa shape index (κ3) is 6.75. The van der Waals surface area contributed by atoms with E-state index in [9.17, 15) is 14.4 Å². The molecule has 0 bridgehead atoms. The first-order valence-corrected chi connectivity index (χ1v) is 7.70. The lowest BCUT2D eigenvalue weighted by molar-refractivity contribution is -0.147. The molecule has 7 nitrogen and oxygen atoms in total. The van der Waals surface area contributed by atoms with Crippen LogP contribution in [0.1, 0.15) is 37.2 Å². The van der Waals surface area contributed by atoms with E-state index in [4.69, 9.17) is 9.15 Å². The summed E-state index contributed by atoms with van der Waals surface area (Å²) in [6.07, 6.45) is 1.81. The molecule has 0 aromatic carbocycles. The maximum atomic E-state index is 11.6. The van der Waals surface area contributed by atoms with Gasteiger partial charge in [-0.1, -0.05) is 13.3 Å². The second-order valence-corrected chi connectivity index (χ2v) is 5.49. The van der Waals surface area contributed by atoms with E-state index >= 15 is 0 Å². The van der Waals surface area contributed by atoms with E-state index in [2.05, 4.69) is 26.6 Å². The van der Waals surface area contributed by atoms with Gasteiger partial charge >= 0.3 is 5.97 Å². The number of hydrogen-bond donors (Lipinski definition) is 2. The molecule has 0 aliphatic heterocycles. The highest BCUT2D eigenvalue weighted by Gasteiger charge is 2.14. The Morgan fingerprint density at radius 3 is 2.68 bits per heavy atom. The van der Waals surface area contributed by atoms with E-state index in [0.717, 1.165) is 12.8 Å². The molecule has 0 saturated heterocycles. The van der Waals surface area contributed by atoms with Crippen LogP contribution in [0.2, 0.25) is 0 Å². The van der Waals surface area contributed by atoms with Gasteiger partial charge in [-0.2, -0.15) is 0 Å². The summed E-state index contributed by atoms with van der Waals surface area (Å²) in [6, 6.07) is 3.07. The highest BCUT2D eigenvalue weighted by Crippen LogP contribution is 2.13. The number of carbonyl (C=O) groups is 3. The minimum Gasteiger partial charge on any atom is -0.454 e. The number of rotatable bonds is 8. The van der Waals surface area contributed by atoms with E-state index < -0.39 is 11.9 Å². The van der Waals surface area contributed by atoms with Gasteiger partial charge in [-0.25, -0.2) is 0 Å². The van der Waals surface area contributed by atoms with Crippen molar-refractivity contribution >= 4 is 33.7 Å². The maximum Gasteiger partial charge on any atom is 0.325 e. The minimum absolute atomic E-state index is 0.0355. The molecule has 122 valence electrons. The van der Waals surface area contributed by atoms with Gasteiger partial charge in [-0.05, 0) is 41.4 Å². The van der Waals surface area contributed by atoms with Crippen molar-refractivity contribution in [2.24, 2.45) is 0 Å². The Labute approximate surface area is 136 Å². The van der Waals surface area contributed by atoms with Gasteiger partial charge in [0.15, 0.2) is 17.0 Å². The number of esters is 1. The van der Waals surface area contributed by atoms with Gasteiger partial charge < -0.3 is 19.8 Å². The lowest BCUT2D eigenvalue weighted by atomic mass is 10.2. The van der Waals surface area contributed by atoms with E-state index in [1.165, 1.54) is 6.07 Å². The van der Waals surface area contributed by atoms with Crippen molar-refractivity contribution in [3.05, 3.63) is 22.6 Å². The van der Waals surface area contributed by atoms with Crippen LogP contribution >= 0.6 is 15.9 Å². The van der Waals surface area contributed by atoms with Crippen molar-refractivity contribution < 1.29 is 23.5 Å². The Hall–Kier alpha value is -1.83. The average molecular weight is 375 g/mol. The first kappa shape index (κ1) is 18.2. The summed E-state index contributed by atoms with van der Waals surface area (Å²) < 4.78 is 10.2. The molecule has 0 radical (unpaired) electrons. The zero-order valence-electron chi connectivity index (χ0n) is 12.5. The molecule has 2 amide bonds. The van der Waals surface area contributed by atoms with Gasteiger partial charge in [-0.3, -0.25) is 14.4 Å². The molecule has 22 heavy (non-hydrogen) atoms. The highest BCUT2D eigenvalue weighted by atomic mass is 79.9. The van der Waals surface area contributed by atoms with Crippen molar-refractivity contribution in [3.63, 3.8) is 0 Å². The summed E-state index contributed by atoms with van der Waals surface area (Å²) in [5.41, 5.74) is 0. The fourth-order valence-electron chi connectivity index (χ4n) is 1.69. The SMILES string of the molecule is CCC[C@H](C)NC(=O)COC(=O)CNC(=O)c1ccc(Br)o1. The molecule has 1 aromatic rings. The molecule has 1 rings (SSSR count). The molecule has 1 heterocycles. The zero-order valence-corrected chi connectivity index (χ0v) is 14.1. The number of amides is 2.